The molecule has 122 valence electrons. The molecule has 0 aliphatic heterocycles. The third kappa shape index (κ3) is 3.69. The maximum Gasteiger partial charge on any atom is 0.410 e. The van der Waals surface area contributed by atoms with Gasteiger partial charge in [0.2, 0.25) is 0 Å². The summed E-state index contributed by atoms with van der Waals surface area (Å²) in [6, 6.07) is 10.6. The predicted molar refractivity (Wildman–Crippen MR) is 91.0 cm³/mol. The standard InChI is InChI=1S/C20H25NO2/c1-5-20(11-12-20)14-21(18(22)23-19(2,3)4)17-13-16(17)15-9-7-6-8-10-15/h1,6-10,16-17H,11-14H2,2-4H3/t16-,17+/m0/s1. The quantitative estimate of drug-likeness (QED) is 0.780. The van der Waals surface area contributed by atoms with Crippen molar-refractivity contribution in [2.45, 2.75) is 57.6 Å². The van der Waals surface area contributed by atoms with Crippen LogP contribution in [0.25, 0.3) is 0 Å². The van der Waals surface area contributed by atoms with E-state index in [1.54, 1.807) is 0 Å². The summed E-state index contributed by atoms with van der Waals surface area (Å²) in [6.45, 7) is 6.32. The largest absolute Gasteiger partial charge is 0.444 e. The highest BCUT2D eigenvalue weighted by Gasteiger charge is 2.51. The van der Waals surface area contributed by atoms with Crippen molar-refractivity contribution < 1.29 is 9.53 Å². The first kappa shape index (κ1) is 15.9. The Morgan fingerprint density at radius 1 is 1.35 bits per heavy atom. The summed E-state index contributed by atoms with van der Waals surface area (Å²) < 4.78 is 5.62. The van der Waals surface area contributed by atoms with Crippen LogP contribution in [0.5, 0.6) is 0 Å². The summed E-state index contributed by atoms with van der Waals surface area (Å²) >= 11 is 0. The molecule has 1 aromatic carbocycles. The zero-order valence-corrected chi connectivity index (χ0v) is 14.2. The Labute approximate surface area is 139 Å². The van der Waals surface area contributed by atoms with Gasteiger partial charge in [0.1, 0.15) is 5.60 Å². The molecule has 0 heterocycles. The molecule has 3 nitrogen and oxygen atoms in total. The number of terminal acetylenes is 1. The predicted octanol–water partition coefficient (Wildman–Crippen LogP) is 4.19. The van der Waals surface area contributed by atoms with Crippen LogP contribution in [-0.4, -0.2) is 29.2 Å². The molecule has 23 heavy (non-hydrogen) atoms. The summed E-state index contributed by atoms with van der Waals surface area (Å²) in [5, 5.41) is 0. The molecule has 1 aromatic rings. The van der Waals surface area contributed by atoms with Crippen LogP contribution in [0.3, 0.4) is 0 Å². The number of rotatable bonds is 4. The van der Waals surface area contributed by atoms with Gasteiger partial charge in [-0.05, 0) is 45.6 Å². The first-order chi connectivity index (χ1) is 10.8. The first-order valence-corrected chi connectivity index (χ1v) is 8.36. The van der Waals surface area contributed by atoms with Gasteiger partial charge in [-0.3, -0.25) is 0 Å². The van der Waals surface area contributed by atoms with Gasteiger partial charge in [-0.2, -0.15) is 0 Å². The zero-order chi connectivity index (χ0) is 16.7. The lowest BCUT2D eigenvalue weighted by molar-refractivity contribution is 0.0205. The average molecular weight is 311 g/mol. The topological polar surface area (TPSA) is 29.5 Å². The molecule has 0 radical (unpaired) electrons. The van der Waals surface area contributed by atoms with Crippen LogP contribution in [0.1, 0.15) is 51.5 Å². The highest BCUT2D eigenvalue weighted by molar-refractivity contribution is 5.70. The van der Waals surface area contributed by atoms with E-state index < -0.39 is 5.60 Å². The van der Waals surface area contributed by atoms with Crippen molar-refractivity contribution in [2.75, 3.05) is 6.54 Å². The number of ether oxygens (including phenoxy) is 1. The lowest BCUT2D eigenvalue weighted by Crippen LogP contribution is -2.41. The molecule has 2 atom stereocenters. The van der Waals surface area contributed by atoms with Crippen LogP contribution in [0.2, 0.25) is 0 Å². The van der Waals surface area contributed by atoms with Crippen molar-refractivity contribution in [2.24, 2.45) is 5.41 Å². The Morgan fingerprint density at radius 3 is 2.52 bits per heavy atom. The van der Waals surface area contributed by atoms with Gasteiger partial charge in [-0.15, -0.1) is 6.42 Å². The molecule has 0 bridgehead atoms. The zero-order valence-electron chi connectivity index (χ0n) is 14.2. The van der Waals surface area contributed by atoms with Crippen molar-refractivity contribution >= 4 is 6.09 Å². The third-order valence-corrected chi connectivity index (χ3v) is 4.65. The number of carbonyl (C=O) groups is 1. The van der Waals surface area contributed by atoms with Crippen LogP contribution >= 0.6 is 0 Å². The number of hydrogen-bond donors (Lipinski definition) is 0. The van der Waals surface area contributed by atoms with E-state index in [9.17, 15) is 4.79 Å². The van der Waals surface area contributed by atoms with Crippen molar-refractivity contribution in [1.82, 2.24) is 4.90 Å². The van der Waals surface area contributed by atoms with Crippen molar-refractivity contribution in [3.05, 3.63) is 35.9 Å². The van der Waals surface area contributed by atoms with E-state index in [1.165, 1.54) is 5.56 Å². The highest BCUT2D eigenvalue weighted by Crippen LogP contribution is 2.50. The van der Waals surface area contributed by atoms with Crippen molar-refractivity contribution in [1.29, 1.82) is 0 Å². The van der Waals surface area contributed by atoms with E-state index in [2.05, 4.69) is 18.1 Å². The highest BCUT2D eigenvalue weighted by atomic mass is 16.6. The van der Waals surface area contributed by atoms with Crippen molar-refractivity contribution in [3.8, 4) is 12.3 Å². The fourth-order valence-electron chi connectivity index (χ4n) is 3.05. The number of amides is 1. The van der Waals surface area contributed by atoms with Gasteiger partial charge in [-0.1, -0.05) is 36.3 Å². The Kier molecular flexibility index (Phi) is 3.88. The summed E-state index contributed by atoms with van der Waals surface area (Å²) in [5.41, 5.74) is 0.677. The minimum absolute atomic E-state index is 0.124. The van der Waals surface area contributed by atoms with Gasteiger partial charge in [0.25, 0.3) is 0 Å². The maximum absolute atomic E-state index is 12.7. The third-order valence-electron chi connectivity index (χ3n) is 4.65. The molecule has 2 saturated carbocycles. The van der Waals surface area contributed by atoms with Crippen LogP contribution in [0.15, 0.2) is 30.3 Å². The first-order valence-electron chi connectivity index (χ1n) is 8.36. The normalized spacial score (nSPS) is 24.4. The van der Waals surface area contributed by atoms with E-state index in [1.807, 2.05) is 43.9 Å². The second-order valence-corrected chi connectivity index (χ2v) is 7.85. The van der Waals surface area contributed by atoms with Crippen molar-refractivity contribution in [3.63, 3.8) is 0 Å². The van der Waals surface area contributed by atoms with Gasteiger partial charge >= 0.3 is 6.09 Å². The second kappa shape index (κ2) is 5.60. The lowest BCUT2D eigenvalue weighted by atomic mass is 10.1. The van der Waals surface area contributed by atoms with Crippen LogP contribution in [0.4, 0.5) is 4.79 Å². The Morgan fingerprint density at radius 2 is 2.00 bits per heavy atom. The molecular formula is C20H25NO2. The summed E-state index contributed by atoms with van der Waals surface area (Å²) in [4.78, 5) is 14.6. The fraction of sp³-hybridized carbons (Fsp3) is 0.550. The molecule has 0 N–H and O–H groups in total. The molecule has 0 saturated heterocycles. The monoisotopic (exact) mass is 311 g/mol. The lowest BCUT2D eigenvalue weighted by Gasteiger charge is -2.29. The molecule has 2 fully saturated rings. The molecule has 1 amide bonds. The molecule has 0 spiro atoms. The average Bonchev–Trinajstić information content (AvgIpc) is 3.39. The molecule has 2 aliphatic carbocycles. The van der Waals surface area contributed by atoms with E-state index in [0.717, 1.165) is 19.3 Å². The van der Waals surface area contributed by atoms with E-state index in [0.29, 0.717) is 12.5 Å². The van der Waals surface area contributed by atoms with Gasteiger partial charge < -0.3 is 9.64 Å². The maximum atomic E-state index is 12.7. The van der Waals surface area contributed by atoms with Crippen LogP contribution in [-0.2, 0) is 4.74 Å². The SMILES string of the molecule is C#CC1(CN(C(=O)OC(C)(C)C)[C@@H]2C[C@H]2c2ccccc2)CC1. The molecular weight excluding hydrogens is 286 g/mol. The van der Waals surface area contributed by atoms with E-state index >= 15 is 0 Å². The van der Waals surface area contributed by atoms with E-state index in [4.69, 9.17) is 11.2 Å². The second-order valence-electron chi connectivity index (χ2n) is 7.85. The minimum Gasteiger partial charge on any atom is -0.444 e. The Bertz CT molecular complexity index is 619. The summed E-state index contributed by atoms with van der Waals surface area (Å²) in [7, 11) is 0. The van der Waals surface area contributed by atoms with Gasteiger partial charge in [-0.25, -0.2) is 4.79 Å². The molecule has 0 unspecified atom stereocenters. The number of hydrogen-bond acceptors (Lipinski definition) is 2. The fourth-order valence-corrected chi connectivity index (χ4v) is 3.05. The molecule has 0 aromatic heterocycles. The summed E-state index contributed by atoms with van der Waals surface area (Å²) in [5.74, 6) is 3.29. The number of nitrogens with zero attached hydrogens (tertiary/aromatic N) is 1. The Hall–Kier alpha value is -1.95. The van der Waals surface area contributed by atoms with Crippen LogP contribution < -0.4 is 0 Å². The summed E-state index contributed by atoms with van der Waals surface area (Å²) in [6.07, 6.45) is 8.45. The van der Waals surface area contributed by atoms with E-state index in [-0.39, 0.29) is 17.6 Å². The molecule has 3 heteroatoms. The number of carbonyl (C=O) groups excluding carboxylic acids is 1. The van der Waals surface area contributed by atoms with Gasteiger partial charge in [0, 0.05) is 23.9 Å². The smallest absolute Gasteiger partial charge is 0.410 e. The van der Waals surface area contributed by atoms with Gasteiger partial charge in [0.05, 0.1) is 0 Å². The minimum atomic E-state index is -0.487. The van der Waals surface area contributed by atoms with Crippen LogP contribution in [0, 0.1) is 17.8 Å². The molecule has 2 aliphatic rings. The number of benzene rings is 1. The van der Waals surface area contributed by atoms with Gasteiger partial charge in [0.15, 0.2) is 0 Å². The Balaban J connectivity index is 1.74. The molecule has 3 rings (SSSR count).